The third kappa shape index (κ3) is 3.23. The lowest BCUT2D eigenvalue weighted by Crippen LogP contribution is -2.27. The van der Waals surface area contributed by atoms with E-state index in [2.05, 4.69) is 10.3 Å². The first-order chi connectivity index (χ1) is 15.1. The highest BCUT2D eigenvalue weighted by Crippen LogP contribution is 2.33. The second kappa shape index (κ2) is 7.51. The number of benzene rings is 2. The zero-order valence-electron chi connectivity index (χ0n) is 17.0. The SMILES string of the molecule is CCN=c1scc(-c2ccc3c(c2)NC(=O)CO3)n1N=C1C(=O)N(C)c2ccccc21. The van der Waals surface area contributed by atoms with E-state index in [1.54, 1.807) is 16.6 Å². The molecule has 1 N–H and O–H groups in total. The topological polar surface area (TPSA) is 88.3 Å². The fourth-order valence-corrected chi connectivity index (χ4v) is 4.52. The zero-order valence-corrected chi connectivity index (χ0v) is 17.8. The van der Waals surface area contributed by atoms with Crippen LogP contribution < -0.4 is 19.8 Å². The van der Waals surface area contributed by atoms with Crippen molar-refractivity contribution in [2.45, 2.75) is 6.92 Å². The molecule has 2 aliphatic heterocycles. The lowest BCUT2D eigenvalue weighted by Gasteiger charge is -2.18. The molecule has 31 heavy (non-hydrogen) atoms. The molecule has 1 aromatic heterocycles. The van der Waals surface area contributed by atoms with Gasteiger partial charge in [0.15, 0.2) is 12.3 Å². The quantitative estimate of drug-likeness (QED) is 0.689. The molecule has 5 rings (SSSR count). The Hall–Kier alpha value is -3.72. The second-order valence-electron chi connectivity index (χ2n) is 7.07. The zero-order chi connectivity index (χ0) is 21.5. The highest BCUT2D eigenvalue weighted by Gasteiger charge is 2.31. The molecule has 2 aromatic carbocycles. The van der Waals surface area contributed by atoms with Crippen LogP contribution in [0.25, 0.3) is 11.3 Å². The number of rotatable bonds is 3. The fourth-order valence-electron chi connectivity index (χ4n) is 3.63. The maximum Gasteiger partial charge on any atom is 0.279 e. The molecule has 2 aliphatic rings. The van der Waals surface area contributed by atoms with Gasteiger partial charge in [-0.1, -0.05) is 18.2 Å². The Morgan fingerprint density at radius 1 is 1.19 bits per heavy atom. The molecule has 0 aliphatic carbocycles. The fraction of sp³-hybridized carbons (Fsp3) is 0.182. The number of hydrogen-bond donors (Lipinski definition) is 1. The lowest BCUT2D eigenvalue weighted by molar-refractivity contribution is -0.118. The van der Waals surface area contributed by atoms with Crippen molar-refractivity contribution in [3.05, 3.63) is 58.2 Å². The van der Waals surface area contributed by atoms with Crippen LogP contribution in [0.5, 0.6) is 5.75 Å². The molecule has 0 saturated carbocycles. The van der Waals surface area contributed by atoms with E-state index in [1.165, 1.54) is 11.3 Å². The van der Waals surface area contributed by atoms with Gasteiger partial charge in [0, 0.05) is 30.1 Å². The maximum atomic E-state index is 12.9. The molecule has 156 valence electrons. The summed E-state index contributed by atoms with van der Waals surface area (Å²) in [6, 6.07) is 13.2. The Labute approximate surface area is 182 Å². The van der Waals surface area contributed by atoms with Crippen molar-refractivity contribution in [3.8, 4) is 17.0 Å². The van der Waals surface area contributed by atoms with Gasteiger partial charge in [0.05, 0.1) is 17.1 Å². The van der Waals surface area contributed by atoms with Crippen molar-refractivity contribution >= 4 is 40.2 Å². The number of nitrogens with zero attached hydrogens (tertiary/aromatic N) is 4. The van der Waals surface area contributed by atoms with Crippen LogP contribution >= 0.6 is 11.3 Å². The van der Waals surface area contributed by atoms with Crippen LogP contribution in [0.2, 0.25) is 0 Å². The normalized spacial score (nSPS) is 16.9. The van der Waals surface area contributed by atoms with Gasteiger partial charge in [-0.05, 0) is 31.2 Å². The number of amides is 2. The van der Waals surface area contributed by atoms with E-state index in [4.69, 9.17) is 9.84 Å². The van der Waals surface area contributed by atoms with Gasteiger partial charge in [0.2, 0.25) is 4.80 Å². The molecular formula is C22H19N5O3S. The van der Waals surface area contributed by atoms with E-state index in [0.29, 0.717) is 28.5 Å². The third-order valence-corrected chi connectivity index (χ3v) is 5.97. The van der Waals surface area contributed by atoms with Crippen LogP contribution in [0.15, 0.2) is 57.9 Å². The van der Waals surface area contributed by atoms with Crippen molar-refractivity contribution in [2.75, 3.05) is 30.4 Å². The van der Waals surface area contributed by atoms with Crippen molar-refractivity contribution in [3.63, 3.8) is 0 Å². The average Bonchev–Trinajstić information content (AvgIpc) is 3.28. The lowest BCUT2D eigenvalue weighted by atomic mass is 10.1. The third-order valence-electron chi connectivity index (χ3n) is 5.11. The molecule has 0 bridgehead atoms. The van der Waals surface area contributed by atoms with Gasteiger partial charge in [-0.2, -0.15) is 5.10 Å². The van der Waals surface area contributed by atoms with Crippen molar-refractivity contribution in [2.24, 2.45) is 10.1 Å². The molecule has 8 nitrogen and oxygen atoms in total. The van der Waals surface area contributed by atoms with Gasteiger partial charge >= 0.3 is 0 Å². The van der Waals surface area contributed by atoms with Gasteiger partial charge < -0.3 is 15.0 Å². The number of nitrogens with one attached hydrogen (secondary N) is 1. The van der Waals surface area contributed by atoms with Crippen LogP contribution in [0, 0.1) is 0 Å². The molecule has 0 radical (unpaired) electrons. The molecule has 0 spiro atoms. The number of thiazole rings is 1. The molecular weight excluding hydrogens is 414 g/mol. The van der Waals surface area contributed by atoms with E-state index in [0.717, 1.165) is 22.5 Å². The van der Waals surface area contributed by atoms with Gasteiger partial charge in [-0.3, -0.25) is 14.6 Å². The molecule has 3 heterocycles. The highest BCUT2D eigenvalue weighted by atomic mass is 32.1. The van der Waals surface area contributed by atoms with Crippen LogP contribution in [-0.4, -0.2) is 42.4 Å². The number of carbonyl (C=O) groups is 2. The molecule has 0 saturated heterocycles. The summed E-state index contributed by atoms with van der Waals surface area (Å²) in [4.78, 5) is 31.5. The van der Waals surface area contributed by atoms with Crippen LogP contribution in [0.4, 0.5) is 11.4 Å². The Balaban J connectivity index is 1.68. The smallest absolute Gasteiger partial charge is 0.279 e. The van der Waals surface area contributed by atoms with E-state index in [9.17, 15) is 9.59 Å². The number of fused-ring (bicyclic) bond motifs is 2. The molecule has 0 atom stereocenters. The minimum absolute atomic E-state index is 0.00696. The molecule has 3 aromatic rings. The standard InChI is InChI=1S/C22H19N5O3S/c1-3-23-22-27(25-20-14-6-4-5-7-16(14)26(2)21(20)29)17(12-31-22)13-8-9-18-15(10-13)24-19(28)11-30-18/h4-10,12H,3,11H2,1-2H3,(H,24,28). The Morgan fingerprint density at radius 3 is 2.87 bits per heavy atom. The monoisotopic (exact) mass is 433 g/mol. The van der Waals surface area contributed by atoms with E-state index in [-0.39, 0.29) is 18.4 Å². The summed E-state index contributed by atoms with van der Waals surface area (Å²) in [5.74, 6) is 0.261. The first-order valence-electron chi connectivity index (χ1n) is 9.81. The van der Waals surface area contributed by atoms with Crippen molar-refractivity contribution in [1.29, 1.82) is 0 Å². The number of hydrogen-bond acceptors (Lipinski definition) is 6. The molecule has 0 unspecified atom stereocenters. The number of likely N-dealkylation sites (N-methyl/N-ethyl adjacent to an activating group) is 1. The van der Waals surface area contributed by atoms with E-state index in [1.807, 2.05) is 54.8 Å². The summed E-state index contributed by atoms with van der Waals surface area (Å²) in [6.45, 7) is 2.54. The minimum atomic E-state index is -0.194. The Bertz CT molecular complexity index is 1320. The summed E-state index contributed by atoms with van der Waals surface area (Å²) < 4.78 is 7.16. The summed E-state index contributed by atoms with van der Waals surface area (Å²) in [7, 11) is 1.74. The van der Waals surface area contributed by atoms with Gasteiger partial charge in [-0.15, -0.1) is 11.3 Å². The van der Waals surface area contributed by atoms with Gasteiger partial charge in [-0.25, -0.2) is 4.68 Å². The van der Waals surface area contributed by atoms with Crippen molar-refractivity contribution in [1.82, 2.24) is 4.68 Å². The number of para-hydroxylation sites is 1. The average molecular weight is 433 g/mol. The molecule has 0 fully saturated rings. The summed E-state index contributed by atoms with van der Waals surface area (Å²) in [6.07, 6.45) is 0. The number of aromatic nitrogens is 1. The second-order valence-corrected chi connectivity index (χ2v) is 7.90. The Morgan fingerprint density at radius 2 is 2.03 bits per heavy atom. The minimum Gasteiger partial charge on any atom is -0.482 e. The van der Waals surface area contributed by atoms with Crippen molar-refractivity contribution < 1.29 is 14.3 Å². The van der Waals surface area contributed by atoms with Crippen LogP contribution in [-0.2, 0) is 9.59 Å². The summed E-state index contributed by atoms with van der Waals surface area (Å²) in [5.41, 5.74) is 4.18. The van der Waals surface area contributed by atoms with Gasteiger partial charge in [0.25, 0.3) is 11.8 Å². The highest BCUT2D eigenvalue weighted by molar-refractivity contribution is 7.07. The predicted molar refractivity (Wildman–Crippen MR) is 120 cm³/mol. The largest absolute Gasteiger partial charge is 0.482 e. The van der Waals surface area contributed by atoms with E-state index < -0.39 is 0 Å². The van der Waals surface area contributed by atoms with Gasteiger partial charge in [0.1, 0.15) is 5.75 Å². The number of carbonyl (C=O) groups excluding carboxylic acids is 2. The molecule has 2 amide bonds. The number of anilines is 2. The van der Waals surface area contributed by atoms with Crippen LogP contribution in [0.1, 0.15) is 12.5 Å². The first-order valence-corrected chi connectivity index (χ1v) is 10.7. The first kappa shape index (κ1) is 19.3. The molecule has 9 heteroatoms. The van der Waals surface area contributed by atoms with Crippen LogP contribution in [0.3, 0.4) is 0 Å². The maximum absolute atomic E-state index is 12.9. The number of ether oxygens (including phenoxy) is 1. The van der Waals surface area contributed by atoms with E-state index >= 15 is 0 Å². The Kier molecular flexibility index (Phi) is 4.67. The summed E-state index contributed by atoms with van der Waals surface area (Å²) >= 11 is 1.45. The predicted octanol–water partition coefficient (Wildman–Crippen LogP) is 2.70. The summed E-state index contributed by atoms with van der Waals surface area (Å²) in [5, 5.41) is 9.53.